The SMILES string of the molecule is CC1C(=O)NN=C2COc3cc(-c4ccccc4OC(F)(F)F)c(NC4CCC4)cc3N21. The number of amidine groups is 1. The molecule has 1 fully saturated rings. The molecule has 168 valence electrons. The number of para-hydroxylation sites is 1. The minimum absolute atomic E-state index is 0.132. The van der Waals surface area contributed by atoms with Gasteiger partial charge in [-0.2, -0.15) is 5.10 Å². The number of hydrogen-bond acceptors (Lipinski definition) is 6. The minimum Gasteiger partial charge on any atom is -0.483 e. The lowest BCUT2D eigenvalue weighted by molar-refractivity contribution is -0.274. The number of hydrazone groups is 1. The van der Waals surface area contributed by atoms with E-state index in [2.05, 4.69) is 20.6 Å². The number of carbonyl (C=O) groups excluding carboxylic acids is 1. The van der Waals surface area contributed by atoms with Gasteiger partial charge in [0.1, 0.15) is 24.1 Å². The molecule has 2 N–H and O–H groups in total. The average Bonchev–Trinajstić information content (AvgIpc) is 2.72. The predicted octanol–water partition coefficient (Wildman–Crippen LogP) is 4.25. The lowest BCUT2D eigenvalue weighted by Gasteiger charge is -2.39. The van der Waals surface area contributed by atoms with Crippen LogP contribution in [-0.4, -0.2) is 36.8 Å². The van der Waals surface area contributed by atoms with Crippen molar-refractivity contribution in [2.45, 2.75) is 44.6 Å². The second-order valence-corrected chi connectivity index (χ2v) is 8.02. The Kier molecular flexibility index (Phi) is 4.87. The van der Waals surface area contributed by atoms with Gasteiger partial charge in [0.15, 0.2) is 5.84 Å². The van der Waals surface area contributed by atoms with Crippen LogP contribution in [0.15, 0.2) is 41.5 Å². The Morgan fingerprint density at radius 1 is 1.22 bits per heavy atom. The maximum atomic E-state index is 13.0. The molecular weight excluding hydrogens is 425 g/mol. The molecule has 1 amide bonds. The van der Waals surface area contributed by atoms with Crippen molar-refractivity contribution in [3.05, 3.63) is 36.4 Å². The average molecular weight is 446 g/mol. The van der Waals surface area contributed by atoms with Gasteiger partial charge in [0.25, 0.3) is 5.91 Å². The molecule has 0 aromatic heterocycles. The molecule has 1 aliphatic carbocycles. The van der Waals surface area contributed by atoms with E-state index in [-0.39, 0.29) is 24.3 Å². The molecule has 2 heterocycles. The molecule has 5 rings (SSSR count). The van der Waals surface area contributed by atoms with E-state index in [0.717, 1.165) is 19.3 Å². The molecule has 10 heteroatoms. The van der Waals surface area contributed by atoms with Crippen LogP contribution < -0.4 is 25.1 Å². The van der Waals surface area contributed by atoms with Crippen molar-refractivity contribution in [2.75, 3.05) is 16.8 Å². The van der Waals surface area contributed by atoms with Crippen LogP contribution in [0.1, 0.15) is 26.2 Å². The summed E-state index contributed by atoms with van der Waals surface area (Å²) in [5.41, 5.74) is 4.59. The third-order valence-electron chi connectivity index (χ3n) is 5.92. The van der Waals surface area contributed by atoms with Crippen molar-refractivity contribution in [3.63, 3.8) is 0 Å². The smallest absolute Gasteiger partial charge is 0.483 e. The molecule has 2 aromatic rings. The summed E-state index contributed by atoms with van der Waals surface area (Å²) in [6.07, 6.45) is -1.77. The van der Waals surface area contributed by atoms with E-state index in [1.807, 2.05) is 6.07 Å². The van der Waals surface area contributed by atoms with Crippen molar-refractivity contribution in [3.8, 4) is 22.6 Å². The van der Waals surface area contributed by atoms with Gasteiger partial charge in [-0.15, -0.1) is 13.2 Å². The monoisotopic (exact) mass is 446 g/mol. The van der Waals surface area contributed by atoms with E-state index >= 15 is 0 Å². The zero-order valence-electron chi connectivity index (χ0n) is 17.2. The van der Waals surface area contributed by atoms with Crippen LogP contribution >= 0.6 is 0 Å². The summed E-state index contributed by atoms with van der Waals surface area (Å²) < 4.78 is 49.3. The van der Waals surface area contributed by atoms with Gasteiger partial charge in [-0.25, -0.2) is 5.43 Å². The zero-order chi connectivity index (χ0) is 22.5. The molecule has 3 aliphatic rings. The molecular formula is C22H21F3N4O3. The Bertz CT molecular complexity index is 1100. The standard InChI is InChI=1S/C22H21F3N4O3/c1-12-21(30)28-27-20-11-31-19-9-15(14-7-2-3-8-18(14)32-22(23,24)25)16(10-17(19)29(12)20)26-13-5-4-6-13/h2-3,7-10,12-13,26H,4-6,11H2,1H3,(H,28,30). The molecule has 7 nitrogen and oxygen atoms in total. The van der Waals surface area contributed by atoms with Crippen LogP contribution in [0.5, 0.6) is 11.5 Å². The number of halogens is 3. The minimum atomic E-state index is -4.82. The van der Waals surface area contributed by atoms with Gasteiger partial charge >= 0.3 is 6.36 Å². The summed E-state index contributed by atoms with van der Waals surface area (Å²) in [6.45, 7) is 1.89. The van der Waals surface area contributed by atoms with Crippen LogP contribution in [0.4, 0.5) is 24.5 Å². The largest absolute Gasteiger partial charge is 0.573 e. The molecule has 32 heavy (non-hydrogen) atoms. The van der Waals surface area contributed by atoms with Crippen LogP contribution in [0.3, 0.4) is 0 Å². The first kappa shape index (κ1) is 20.5. The maximum absolute atomic E-state index is 13.0. The Balaban J connectivity index is 1.64. The summed E-state index contributed by atoms with van der Waals surface area (Å²) in [5.74, 6) is 0.484. The molecule has 1 saturated carbocycles. The lowest BCUT2D eigenvalue weighted by atomic mass is 9.91. The Morgan fingerprint density at radius 2 is 2.00 bits per heavy atom. The number of fused-ring (bicyclic) bond motifs is 3. The molecule has 0 radical (unpaired) electrons. The Morgan fingerprint density at radius 3 is 2.72 bits per heavy atom. The first-order valence-corrected chi connectivity index (χ1v) is 10.4. The first-order chi connectivity index (χ1) is 15.3. The van der Waals surface area contributed by atoms with Crippen molar-refractivity contribution in [1.29, 1.82) is 0 Å². The van der Waals surface area contributed by atoms with Crippen molar-refractivity contribution in [2.24, 2.45) is 5.10 Å². The molecule has 2 aliphatic heterocycles. The van der Waals surface area contributed by atoms with Gasteiger partial charge in [-0.3, -0.25) is 4.79 Å². The van der Waals surface area contributed by atoms with Crippen LogP contribution in [-0.2, 0) is 4.79 Å². The van der Waals surface area contributed by atoms with Gasteiger partial charge in [0, 0.05) is 22.9 Å². The van der Waals surface area contributed by atoms with Gasteiger partial charge in [-0.05, 0) is 44.4 Å². The molecule has 1 unspecified atom stereocenters. The van der Waals surface area contributed by atoms with Crippen LogP contribution in [0.25, 0.3) is 11.1 Å². The number of ether oxygens (including phenoxy) is 2. The number of rotatable bonds is 4. The molecule has 1 atom stereocenters. The zero-order valence-corrected chi connectivity index (χ0v) is 17.2. The molecule has 0 spiro atoms. The highest BCUT2D eigenvalue weighted by atomic mass is 19.4. The summed E-state index contributed by atoms with van der Waals surface area (Å²) >= 11 is 0. The van der Waals surface area contributed by atoms with E-state index < -0.39 is 12.4 Å². The fraction of sp³-hybridized carbons (Fsp3) is 0.364. The predicted molar refractivity (Wildman–Crippen MR) is 113 cm³/mol. The topological polar surface area (TPSA) is 75.2 Å². The Labute approximate surface area is 182 Å². The van der Waals surface area contributed by atoms with E-state index in [9.17, 15) is 18.0 Å². The fourth-order valence-corrected chi connectivity index (χ4v) is 4.09. The molecule has 0 bridgehead atoms. The van der Waals surface area contributed by atoms with Gasteiger partial charge in [0.2, 0.25) is 0 Å². The quantitative estimate of drug-likeness (QED) is 0.735. The third kappa shape index (κ3) is 3.69. The number of benzene rings is 2. The second-order valence-electron chi connectivity index (χ2n) is 8.02. The number of anilines is 2. The van der Waals surface area contributed by atoms with E-state index in [1.54, 1.807) is 30.0 Å². The highest BCUT2D eigenvalue weighted by Gasteiger charge is 2.37. The maximum Gasteiger partial charge on any atom is 0.573 e. The number of hydrogen-bond donors (Lipinski definition) is 2. The molecule has 2 aromatic carbocycles. The first-order valence-electron chi connectivity index (χ1n) is 10.4. The van der Waals surface area contributed by atoms with E-state index in [0.29, 0.717) is 34.1 Å². The summed E-state index contributed by atoms with van der Waals surface area (Å²) in [4.78, 5) is 14.0. The number of alkyl halides is 3. The highest BCUT2D eigenvalue weighted by Crippen LogP contribution is 2.46. The van der Waals surface area contributed by atoms with E-state index in [1.165, 1.54) is 12.1 Å². The number of carbonyl (C=O) groups is 1. The normalized spacial score (nSPS) is 20.2. The highest BCUT2D eigenvalue weighted by molar-refractivity contribution is 6.10. The van der Waals surface area contributed by atoms with Gasteiger partial charge in [-0.1, -0.05) is 18.2 Å². The van der Waals surface area contributed by atoms with E-state index in [4.69, 9.17) is 4.74 Å². The number of nitrogens with one attached hydrogen (secondary N) is 2. The number of nitrogens with zero attached hydrogens (tertiary/aromatic N) is 2. The summed E-state index contributed by atoms with van der Waals surface area (Å²) in [6, 6.07) is 9.26. The van der Waals surface area contributed by atoms with Crippen LogP contribution in [0.2, 0.25) is 0 Å². The fourth-order valence-electron chi connectivity index (χ4n) is 4.09. The summed E-state index contributed by atoms with van der Waals surface area (Å²) in [7, 11) is 0. The summed E-state index contributed by atoms with van der Waals surface area (Å²) in [5, 5.41) is 7.54. The van der Waals surface area contributed by atoms with Crippen molar-refractivity contribution < 1.29 is 27.4 Å². The van der Waals surface area contributed by atoms with Gasteiger partial charge < -0.3 is 19.7 Å². The second kappa shape index (κ2) is 7.61. The van der Waals surface area contributed by atoms with Gasteiger partial charge in [0.05, 0.1) is 5.69 Å². The van der Waals surface area contributed by atoms with Crippen molar-refractivity contribution in [1.82, 2.24) is 5.43 Å². The molecule has 0 saturated heterocycles. The third-order valence-corrected chi connectivity index (χ3v) is 5.92. The van der Waals surface area contributed by atoms with Crippen LogP contribution in [0, 0.1) is 0 Å². The van der Waals surface area contributed by atoms with Crippen molar-refractivity contribution >= 4 is 23.1 Å². The lowest BCUT2D eigenvalue weighted by Crippen LogP contribution is -2.55. The number of amides is 1. The Hall–Kier alpha value is -3.43.